The molecule has 8 N–H and O–H groups in total. The molecule has 11 nitrogen and oxygen atoms in total. The second-order valence-corrected chi connectivity index (χ2v) is 7.34. The minimum absolute atomic E-state index is 0. The number of aliphatic hydroxyl groups excluding tert-OH is 4. The van der Waals surface area contributed by atoms with Gasteiger partial charge in [0.2, 0.25) is 12.0 Å². The smallest absolute Gasteiger partial charge is 0.402 e. The van der Waals surface area contributed by atoms with Crippen LogP contribution in [0.2, 0.25) is 0 Å². The second-order valence-electron chi connectivity index (χ2n) is 7.34. The van der Waals surface area contributed by atoms with E-state index in [2.05, 4.69) is 0 Å². The van der Waals surface area contributed by atoms with Crippen LogP contribution in [0.1, 0.15) is 0 Å². The summed E-state index contributed by atoms with van der Waals surface area (Å²) in [6.45, 7) is -0.661. The lowest BCUT2D eigenvalue weighted by Crippen LogP contribution is -3.00. The average molecular weight is 485 g/mol. The topological polar surface area (TPSA) is 192 Å². The number of aliphatic hydroxyl groups is 4. The molecule has 1 fully saturated rings. The van der Waals surface area contributed by atoms with Crippen molar-refractivity contribution in [3.63, 3.8) is 0 Å². The van der Waals surface area contributed by atoms with Gasteiger partial charge in [-0.25, -0.2) is 4.42 Å². The van der Waals surface area contributed by atoms with Gasteiger partial charge in [-0.2, -0.15) is 0 Å². The molecule has 1 aliphatic rings. The zero-order valence-corrected chi connectivity index (χ0v) is 17.5. The summed E-state index contributed by atoms with van der Waals surface area (Å²) in [7, 11) is 0. The summed E-state index contributed by atoms with van der Waals surface area (Å²) in [6.07, 6.45) is -7.76. The third kappa shape index (κ3) is 4.55. The highest BCUT2D eigenvalue weighted by Gasteiger charge is 2.45. The van der Waals surface area contributed by atoms with E-state index >= 15 is 0 Å². The number of benzene rings is 2. The molecule has 0 unspecified atom stereocenters. The van der Waals surface area contributed by atoms with E-state index in [4.69, 9.17) is 13.9 Å². The SMILES string of the molecule is OC[C@H]1O[C@@H](Oc2cc3c(O)cc(O)cc3[o+]c2-c2ccc(O)c(O)c2)[C@H](O)[C@@H](O)[C@H]1O.[Cl-]. The molecule has 178 valence electrons. The number of aromatic hydroxyl groups is 4. The van der Waals surface area contributed by atoms with E-state index in [0.29, 0.717) is 0 Å². The molecule has 0 bridgehead atoms. The van der Waals surface area contributed by atoms with Crippen LogP contribution in [-0.4, -0.2) is 78.2 Å². The Morgan fingerprint density at radius 2 is 1.58 bits per heavy atom. The standard InChI is InChI=1S/C21H20O11.ClH/c22-7-16-17(27)18(28)19(29)21(32-16)31-15-6-10-12(25)4-9(23)5-14(10)30-20(15)8-1-2-11(24)13(26)3-8;/h1-6,16-19,21-22,27-29H,7H2,(H3-,23,24,25,26);1H/t16-,17+,18+,19-,21-;/m1./s1. The highest BCUT2D eigenvalue weighted by molar-refractivity contribution is 5.88. The van der Waals surface area contributed by atoms with E-state index in [1.807, 2.05) is 0 Å². The number of hydrogen-bond acceptors (Lipinski definition) is 10. The Kier molecular flexibility index (Phi) is 7.03. The van der Waals surface area contributed by atoms with Gasteiger partial charge < -0.3 is 62.7 Å². The van der Waals surface area contributed by atoms with Crippen LogP contribution in [0.25, 0.3) is 22.3 Å². The Bertz CT molecular complexity index is 1150. The zero-order valence-electron chi connectivity index (χ0n) is 16.7. The number of halogens is 1. The van der Waals surface area contributed by atoms with Crippen LogP contribution in [0, 0.1) is 0 Å². The number of hydrogen-bond donors (Lipinski definition) is 8. The Labute approximate surface area is 192 Å². The van der Waals surface area contributed by atoms with Crippen LogP contribution in [0.5, 0.6) is 28.7 Å². The summed E-state index contributed by atoms with van der Waals surface area (Å²) in [6, 6.07) is 7.37. The summed E-state index contributed by atoms with van der Waals surface area (Å²) < 4.78 is 16.8. The highest BCUT2D eigenvalue weighted by Crippen LogP contribution is 2.42. The van der Waals surface area contributed by atoms with Crippen LogP contribution in [0.15, 0.2) is 40.8 Å². The minimum atomic E-state index is -1.71. The number of rotatable bonds is 4. The molecule has 2 aromatic carbocycles. The summed E-state index contributed by atoms with van der Waals surface area (Å²) in [5.41, 5.74) is 0.260. The van der Waals surface area contributed by atoms with Gasteiger partial charge in [0, 0.05) is 18.2 Å². The number of fused-ring (bicyclic) bond motifs is 1. The molecule has 12 heteroatoms. The molecule has 1 aliphatic heterocycles. The normalized spacial score (nSPS) is 24.9. The predicted molar refractivity (Wildman–Crippen MR) is 107 cm³/mol. The molecule has 0 saturated carbocycles. The van der Waals surface area contributed by atoms with Crippen molar-refractivity contribution in [3.05, 3.63) is 36.4 Å². The number of ether oxygens (including phenoxy) is 2. The van der Waals surface area contributed by atoms with Crippen LogP contribution in [0.3, 0.4) is 0 Å². The van der Waals surface area contributed by atoms with Gasteiger partial charge in [0.05, 0.1) is 18.2 Å². The first kappa shape index (κ1) is 24.6. The van der Waals surface area contributed by atoms with Crippen molar-refractivity contribution in [1.29, 1.82) is 0 Å². The predicted octanol–water partition coefficient (Wildman–Crippen LogP) is -2.61. The maximum atomic E-state index is 10.3. The molecule has 5 atom stereocenters. The van der Waals surface area contributed by atoms with Crippen LogP contribution in [0.4, 0.5) is 0 Å². The highest BCUT2D eigenvalue weighted by atomic mass is 35.5. The summed E-state index contributed by atoms with van der Waals surface area (Å²) in [5.74, 6) is -1.64. The van der Waals surface area contributed by atoms with E-state index in [0.717, 1.165) is 6.07 Å². The Hall–Kier alpha value is -3.06. The van der Waals surface area contributed by atoms with Crippen molar-refractivity contribution < 1.29 is 67.2 Å². The first-order valence-corrected chi connectivity index (χ1v) is 9.52. The number of phenols is 4. The fraction of sp³-hybridized carbons (Fsp3) is 0.286. The third-order valence-corrected chi connectivity index (χ3v) is 5.15. The molecule has 1 aromatic heterocycles. The molecule has 0 aliphatic carbocycles. The lowest BCUT2D eigenvalue weighted by atomic mass is 9.99. The quantitative estimate of drug-likeness (QED) is 0.143. The van der Waals surface area contributed by atoms with Gasteiger partial charge >= 0.3 is 11.3 Å². The lowest BCUT2D eigenvalue weighted by molar-refractivity contribution is -0.277. The van der Waals surface area contributed by atoms with Gasteiger partial charge in [0.25, 0.3) is 0 Å². The summed E-state index contributed by atoms with van der Waals surface area (Å²) in [4.78, 5) is 0. The van der Waals surface area contributed by atoms with Crippen LogP contribution < -0.4 is 17.1 Å². The molecule has 2 heterocycles. The lowest BCUT2D eigenvalue weighted by Gasteiger charge is -2.39. The first-order valence-electron chi connectivity index (χ1n) is 9.52. The van der Waals surface area contributed by atoms with E-state index < -0.39 is 43.1 Å². The minimum Gasteiger partial charge on any atom is -1.00 e. The summed E-state index contributed by atoms with van der Waals surface area (Å²) in [5, 5.41) is 79.2. The van der Waals surface area contributed by atoms with Gasteiger partial charge in [-0.1, -0.05) is 0 Å². The molecule has 3 aromatic rings. The summed E-state index contributed by atoms with van der Waals surface area (Å²) >= 11 is 0. The van der Waals surface area contributed by atoms with E-state index in [9.17, 15) is 40.9 Å². The molecule has 0 radical (unpaired) electrons. The molecular formula is C21H21ClO11. The Morgan fingerprint density at radius 1 is 0.848 bits per heavy atom. The van der Waals surface area contributed by atoms with Crippen LogP contribution >= 0.6 is 0 Å². The van der Waals surface area contributed by atoms with Gasteiger partial charge in [0.1, 0.15) is 41.3 Å². The van der Waals surface area contributed by atoms with Gasteiger partial charge in [-0.05, 0) is 12.1 Å². The largest absolute Gasteiger partial charge is 1.00 e. The van der Waals surface area contributed by atoms with Crippen molar-refractivity contribution in [2.75, 3.05) is 6.61 Å². The fourth-order valence-corrected chi connectivity index (χ4v) is 3.43. The van der Waals surface area contributed by atoms with Gasteiger partial charge in [-0.15, -0.1) is 0 Å². The van der Waals surface area contributed by atoms with Crippen molar-refractivity contribution in [2.24, 2.45) is 0 Å². The third-order valence-electron chi connectivity index (χ3n) is 5.15. The Balaban J connectivity index is 0.00000306. The molecule has 0 spiro atoms. The average Bonchev–Trinajstić information content (AvgIpc) is 2.76. The number of phenolic OH excluding ortho intramolecular Hbond substituents is 4. The Morgan fingerprint density at radius 3 is 2.24 bits per heavy atom. The molecule has 4 rings (SSSR count). The van der Waals surface area contributed by atoms with E-state index in [1.165, 1.54) is 30.3 Å². The van der Waals surface area contributed by atoms with E-state index in [-0.39, 0.29) is 57.7 Å². The maximum absolute atomic E-state index is 10.3. The van der Waals surface area contributed by atoms with Crippen molar-refractivity contribution >= 4 is 11.0 Å². The first-order chi connectivity index (χ1) is 15.2. The van der Waals surface area contributed by atoms with Crippen molar-refractivity contribution in [3.8, 4) is 40.1 Å². The van der Waals surface area contributed by atoms with E-state index in [1.54, 1.807) is 0 Å². The molecular weight excluding hydrogens is 464 g/mol. The van der Waals surface area contributed by atoms with Crippen molar-refractivity contribution in [2.45, 2.75) is 30.7 Å². The molecule has 33 heavy (non-hydrogen) atoms. The maximum Gasteiger partial charge on any atom is 0.402 e. The fourth-order valence-electron chi connectivity index (χ4n) is 3.43. The van der Waals surface area contributed by atoms with Crippen LogP contribution in [-0.2, 0) is 4.74 Å². The second kappa shape index (κ2) is 9.43. The monoisotopic (exact) mass is 484 g/mol. The molecule has 0 amide bonds. The molecule has 1 saturated heterocycles. The zero-order chi connectivity index (χ0) is 23.2. The van der Waals surface area contributed by atoms with Gasteiger partial charge in [0.15, 0.2) is 11.5 Å². The van der Waals surface area contributed by atoms with Gasteiger partial charge in [-0.3, -0.25) is 0 Å². The van der Waals surface area contributed by atoms with Crippen molar-refractivity contribution in [1.82, 2.24) is 0 Å².